The molecular formula is C19H27NO. The average Bonchev–Trinajstić information content (AvgIpc) is 3.29. The summed E-state index contributed by atoms with van der Waals surface area (Å²) in [5.74, 6) is 1.19. The van der Waals surface area contributed by atoms with Crippen molar-refractivity contribution in [1.82, 2.24) is 4.90 Å². The molecule has 2 nitrogen and oxygen atoms in total. The molecule has 2 aliphatic carbocycles. The summed E-state index contributed by atoms with van der Waals surface area (Å²) in [5, 5.41) is 0. The summed E-state index contributed by atoms with van der Waals surface area (Å²) in [6, 6.07) is 9.34. The zero-order chi connectivity index (χ0) is 14.8. The third kappa shape index (κ3) is 3.48. The van der Waals surface area contributed by atoms with Gasteiger partial charge in [-0.05, 0) is 62.5 Å². The molecule has 0 heterocycles. The summed E-state index contributed by atoms with van der Waals surface area (Å²) < 4.78 is 0. The SMILES string of the molecule is Cc1ccccc1CC(=O)N(C1CCC(C)CC1)C1CC1. The number of nitrogens with zero attached hydrogens (tertiary/aromatic N) is 1. The third-order valence-corrected chi connectivity index (χ3v) is 5.21. The average molecular weight is 285 g/mol. The van der Waals surface area contributed by atoms with Crippen molar-refractivity contribution in [3.05, 3.63) is 35.4 Å². The number of amides is 1. The fourth-order valence-electron chi connectivity index (χ4n) is 3.64. The molecule has 2 aliphatic rings. The van der Waals surface area contributed by atoms with Crippen molar-refractivity contribution >= 4 is 5.91 Å². The molecule has 114 valence electrons. The summed E-state index contributed by atoms with van der Waals surface area (Å²) >= 11 is 0. The van der Waals surface area contributed by atoms with E-state index in [1.165, 1.54) is 49.7 Å². The molecule has 0 atom stereocenters. The van der Waals surface area contributed by atoms with Gasteiger partial charge < -0.3 is 4.90 Å². The number of benzene rings is 1. The van der Waals surface area contributed by atoms with Gasteiger partial charge in [-0.1, -0.05) is 31.2 Å². The van der Waals surface area contributed by atoms with Crippen LogP contribution in [0.15, 0.2) is 24.3 Å². The van der Waals surface area contributed by atoms with Crippen LogP contribution in [0.4, 0.5) is 0 Å². The number of carbonyl (C=O) groups excluding carboxylic acids is 1. The Kier molecular flexibility index (Phi) is 4.32. The number of aryl methyl sites for hydroxylation is 1. The van der Waals surface area contributed by atoms with E-state index < -0.39 is 0 Å². The minimum atomic E-state index is 0.353. The van der Waals surface area contributed by atoms with Crippen molar-refractivity contribution in [3.8, 4) is 0 Å². The maximum Gasteiger partial charge on any atom is 0.227 e. The van der Waals surface area contributed by atoms with Crippen LogP contribution >= 0.6 is 0 Å². The molecule has 2 saturated carbocycles. The van der Waals surface area contributed by atoms with Crippen LogP contribution in [-0.4, -0.2) is 22.9 Å². The molecule has 2 fully saturated rings. The van der Waals surface area contributed by atoms with E-state index in [1.807, 2.05) is 12.1 Å². The molecule has 0 aromatic heterocycles. The molecule has 0 saturated heterocycles. The molecule has 1 aromatic rings. The third-order valence-electron chi connectivity index (χ3n) is 5.21. The van der Waals surface area contributed by atoms with Gasteiger partial charge in [0.05, 0.1) is 6.42 Å². The van der Waals surface area contributed by atoms with Crippen LogP contribution in [0.3, 0.4) is 0 Å². The molecule has 0 bridgehead atoms. The van der Waals surface area contributed by atoms with Gasteiger partial charge in [0.25, 0.3) is 0 Å². The molecule has 0 N–H and O–H groups in total. The molecule has 1 aromatic carbocycles. The predicted octanol–water partition coefficient (Wildman–Crippen LogP) is 4.11. The van der Waals surface area contributed by atoms with E-state index in [4.69, 9.17) is 0 Å². The zero-order valence-corrected chi connectivity index (χ0v) is 13.3. The first-order valence-corrected chi connectivity index (χ1v) is 8.51. The number of hydrogen-bond acceptors (Lipinski definition) is 1. The second kappa shape index (κ2) is 6.21. The Morgan fingerprint density at radius 3 is 2.19 bits per heavy atom. The van der Waals surface area contributed by atoms with Crippen LogP contribution in [0.2, 0.25) is 0 Å². The Labute approximate surface area is 128 Å². The largest absolute Gasteiger partial charge is 0.336 e. The van der Waals surface area contributed by atoms with Gasteiger partial charge in [-0.15, -0.1) is 0 Å². The molecule has 3 rings (SSSR count). The standard InChI is InChI=1S/C19H27NO/c1-14-7-9-17(10-8-14)20(18-11-12-18)19(21)13-16-6-4-3-5-15(16)2/h3-6,14,17-18H,7-13H2,1-2H3. The monoisotopic (exact) mass is 285 g/mol. The predicted molar refractivity (Wildman–Crippen MR) is 86.2 cm³/mol. The quantitative estimate of drug-likeness (QED) is 0.815. The molecule has 21 heavy (non-hydrogen) atoms. The smallest absolute Gasteiger partial charge is 0.227 e. The van der Waals surface area contributed by atoms with Crippen molar-refractivity contribution in [3.63, 3.8) is 0 Å². The van der Waals surface area contributed by atoms with Crippen molar-refractivity contribution in [2.45, 2.75) is 70.9 Å². The summed E-state index contributed by atoms with van der Waals surface area (Å²) in [6.07, 6.45) is 7.98. The maximum atomic E-state index is 12.9. The second-order valence-electron chi connectivity index (χ2n) is 7.05. The van der Waals surface area contributed by atoms with E-state index in [0.29, 0.717) is 24.4 Å². The normalized spacial score (nSPS) is 25.6. The van der Waals surface area contributed by atoms with Crippen LogP contribution in [0.25, 0.3) is 0 Å². The molecule has 2 heteroatoms. The summed E-state index contributed by atoms with van der Waals surface area (Å²) in [7, 11) is 0. The molecule has 0 aliphatic heterocycles. The van der Waals surface area contributed by atoms with Crippen LogP contribution in [0, 0.1) is 12.8 Å². The van der Waals surface area contributed by atoms with Crippen molar-refractivity contribution < 1.29 is 4.79 Å². The van der Waals surface area contributed by atoms with E-state index in [2.05, 4.69) is 30.9 Å². The van der Waals surface area contributed by atoms with Crippen molar-refractivity contribution in [2.24, 2.45) is 5.92 Å². The molecular weight excluding hydrogens is 258 g/mol. The topological polar surface area (TPSA) is 20.3 Å². The van der Waals surface area contributed by atoms with E-state index in [0.717, 1.165) is 5.92 Å². The highest BCUT2D eigenvalue weighted by Gasteiger charge is 2.38. The minimum absolute atomic E-state index is 0.353. The highest BCUT2D eigenvalue weighted by atomic mass is 16.2. The Hall–Kier alpha value is -1.31. The van der Waals surface area contributed by atoms with E-state index in [-0.39, 0.29) is 0 Å². The summed E-state index contributed by atoms with van der Waals surface area (Å²) in [4.78, 5) is 15.1. The highest BCUT2D eigenvalue weighted by Crippen LogP contribution is 2.35. The fraction of sp³-hybridized carbons (Fsp3) is 0.632. The van der Waals surface area contributed by atoms with Gasteiger partial charge in [0.1, 0.15) is 0 Å². The second-order valence-corrected chi connectivity index (χ2v) is 7.05. The van der Waals surface area contributed by atoms with Gasteiger partial charge in [-0.25, -0.2) is 0 Å². The first-order valence-electron chi connectivity index (χ1n) is 8.51. The van der Waals surface area contributed by atoms with Gasteiger partial charge in [0, 0.05) is 12.1 Å². The van der Waals surface area contributed by atoms with Crippen LogP contribution < -0.4 is 0 Å². The lowest BCUT2D eigenvalue weighted by atomic mass is 9.86. The molecule has 0 radical (unpaired) electrons. The first-order chi connectivity index (χ1) is 10.1. The molecule has 0 spiro atoms. The van der Waals surface area contributed by atoms with Crippen LogP contribution in [-0.2, 0) is 11.2 Å². The number of carbonyl (C=O) groups is 1. The Bertz CT molecular complexity index is 498. The van der Waals surface area contributed by atoms with Gasteiger partial charge in [0.2, 0.25) is 5.91 Å². The highest BCUT2D eigenvalue weighted by molar-refractivity contribution is 5.80. The minimum Gasteiger partial charge on any atom is -0.336 e. The fourth-order valence-corrected chi connectivity index (χ4v) is 3.64. The lowest BCUT2D eigenvalue weighted by Crippen LogP contribution is -2.44. The lowest BCUT2D eigenvalue weighted by molar-refractivity contribution is -0.134. The number of rotatable bonds is 4. The van der Waals surface area contributed by atoms with Gasteiger partial charge in [-0.2, -0.15) is 0 Å². The lowest BCUT2D eigenvalue weighted by Gasteiger charge is -2.36. The van der Waals surface area contributed by atoms with Gasteiger partial charge in [-0.3, -0.25) is 4.79 Å². The van der Waals surface area contributed by atoms with E-state index in [1.54, 1.807) is 0 Å². The zero-order valence-electron chi connectivity index (χ0n) is 13.3. The van der Waals surface area contributed by atoms with Crippen LogP contribution in [0.5, 0.6) is 0 Å². The number of hydrogen-bond donors (Lipinski definition) is 0. The van der Waals surface area contributed by atoms with E-state index in [9.17, 15) is 4.79 Å². The molecule has 1 amide bonds. The van der Waals surface area contributed by atoms with Gasteiger partial charge >= 0.3 is 0 Å². The van der Waals surface area contributed by atoms with Crippen molar-refractivity contribution in [1.29, 1.82) is 0 Å². The van der Waals surface area contributed by atoms with E-state index >= 15 is 0 Å². The Morgan fingerprint density at radius 2 is 1.62 bits per heavy atom. The Balaban J connectivity index is 1.69. The summed E-state index contributed by atoms with van der Waals surface area (Å²) in [5.41, 5.74) is 2.43. The first kappa shape index (κ1) is 14.6. The van der Waals surface area contributed by atoms with Crippen LogP contribution in [0.1, 0.15) is 56.6 Å². The van der Waals surface area contributed by atoms with Crippen molar-refractivity contribution in [2.75, 3.05) is 0 Å². The summed E-state index contributed by atoms with van der Waals surface area (Å²) in [6.45, 7) is 4.44. The van der Waals surface area contributed by atoms with Gasteiger partial charge in [0.15, 0.2) is 0 Å². The molecule has 0 unspecified atom stereocenters. The maximum absolute atomic E-state index is 12.9. The Morgan fingerprint density at radius 1 is 1.05 bits per heavy atom.